The molecule has 0 radical (unpaired) electrons. The number of rotatable bonds is 1. The topological polar surface area (TPSA) is 17.8 Å². The first kappa shape index (κ1) is 7.37. The molecule has 2 aromatic rings. The summed E-state index contributed by atoms with van der Waals surface area (Å²) in [7, 11) is 0. The van der Waals surface area contributed by atoms with Gasteiger partial charge in [-0.1, -0.05) is 29.8 Å². The highest BCUT2D eigenvalue weighted by molar-refractivity contribution is 6.29. The Labute approximate surface area is 75.4 Å². The van der Waals surface area contributed by atoms with E-state index >= 15 is 0 Å². The van der Waals surface area contributed by atoms with Gasteiger partial charge in [-0.2, -0.15) is 0 Å². The second-order valence-corrected chi connectivity index (χ2v) is 2.81. The van der Waals surface area contributed by atoms with E-state index in [1.54, 1.807) is 12.5 Å². The second kappa shape index (κ2) is 2.99. The van der Waals surface area contributed by atoms with Crippen molar-refractivity contribution in [1.82, 2.24) is 9.55 Å². The van der Waals surface area contributed by atoms with Gasteiger partial charge in [-0.3, -0.25) is 4.57 Å². The highest BCUT2D eigenvalue weighted by Crippen LogP contribution is 2.14. The Morgan fingerprint density at radius 1 is 1.17 bits per heavy atom. The summed E-state index contributed by atoms with van der Waals surface area (Å²) in [6.45, 7) is 0. The molecule has 3 heteroatoms. The number of nitrogens with zero attached hydrogens (tertiary/aromatic N) is 2. The van der Waals surface area contributed by atoms with Gasteiger partial charge in [0.1, 0.15) is 11.5 Å². The fourth-order valence-corrected chi connectivity index (χ4v) is 1.26. The van der Waals surface area contributed by atoms with E-state index in [2.05, 4.69) is 4.98 Å². The smallest absolute Gasteiger partial charge is 0.133 e. The summed E-state index contributed by atoms with van der Waals surface area (Å²) < 4.78 is 1.82. The molecule has 0 aliphatic rings. The van der Waals surface area contributed by atoms with E-state index in [1.165, 1.54) is 0 Å². The molecule has 60 valence electrons. The normalized spacial score (nSPS) is 10.1. The number of benzene rings is 1. The van der Waals surface area contributed by atoms with Gasteiger partial charge in [-0.25, -0.2) is 4.98 Å². The van der Waals surface area contributed by atoms with E-state index < -0.39 is 0 Å². The number of imidazole rings is 1. The van der Waals surface area contributed by atoms with Crippen molar-refractivity contribution in [3.8, 4) is 5.69 Å². The quantitative estimate of drug-likeness (QED) is 0.656. The number of hydrogen-bond donors (Lipinski definition) is 0. The molecule has 0 spiro atoms. The lowest BCUT2D eigenvalue weighted by Gasteiger charge is -2.01. The van der Waals surface area contributed by atoms with Crippen LogP contribution in [0.4, 0.5) is 0 Å². The van der Waals surface area contributed by atoms with Crippen molar-refractivity contribution >= 4 is 11.6 Å². The Morgan fingerprint density at radius 2 is 1.92 bits per heavy atom. The van der Waals surface area contributed by atoms with Crippen LogP contribution in [0.2, 0.25) is 5.15 Å². The molecule has 0 atom stereocenters. The van der Waals surface area contributed by atoms with Gasteiger partial charge in [0.25, 0.3) is 0 Å². The van der Waals surface area contributed by atoms with E-state index in [4.69, 9.17) is 11.6 Å². The summed E-state index contributed by atoms with van der Waals surface area (Å²) in [5.74, 6) is 0. The van der Waals surface area contributed by atoms with Crippen LogP contribution in [0.25, 0.3) is 5.69 Å². The summed E-state index contributed by atoms with van der Waals surface area (Å²) in [5.41, 5.74) is 1.03. The molecule has 1 aromatic carbocycles. The van der Waals surface area contributed by atoms with Crippen LogP contribution < -0.4 is 0 Å². The molecule has 0 unspecified atom stereocenters. The zero-order chi connectivity index (χ0) is 8.39. The SMILES string of the molecule is Clc1cncn1-c1ccccc1. The van der Waals surface area contributed by atoms with Gasteiger partial charge >= 0.3 is 0 Å². The summed E-state index contributed by atoms with van der Waals surface area (Å²) in [6.07, 6.45) is 3.31. The molecule has 0 aliphatic carbocycles. The Balaban J connectivity index is 2.51. The molecule has 0 saturated heterocycles. The van der Waals surface area contributed by atoms with Crippen molar-refractivity contribution in [3.63, 3.8) is 0 Å². The molecule has 1 heterocycles. The summed E-state index contributed by atoms with van der Waals surface area (Å²) in [4.78, 5) is 3.93. The average molecular weight is 179 g/mol. The predicted octanol–water partition coefficient (Wildman–Crippen LogP) is 2.53. The fourth-order valence-electron chi connectivity index (χ4n) is 1.06. The lowest BCUT2D eigenvalue weighted by molar-refractivity contribution is 1.06. The monoisotopic (exact) mass is 178 g/mol. The van der Waals surface area contributed by atoms with Crippen molar-refractivity contribution in [1.29, 1.82) is 0 Å². The molecule has 0 amide bonds. The molecule has 0 fully saturated rings. The molecule has 12 heavy (non-hydrogen) atoms. The van der Waals surface area contributed by atoms with E-state index in [-0.39, 0.29) is 0 Å². The zero-order valence-corrected chi connectivity index (χ0v) is 7.07. The van der Waals surface area contributed by atoms with Gasteiger partial charge in [0, 0.05) is 5.69 Å². The lowest BCUT2D eigenvalue weighted by Crippen LogP contribution is -1.89. The number of para-hydroxylation sites is 1. The maximum Gasteiger partial charge on any atom is 0.133 e. The van der Waals surface area contributed by atoms with Crippen molar-refractivity contribution in [2.45, 2.75) is 0 Å². The molecule has 0 bridgehead atoms. The van der Waals surface area contributed by atoms with Crippen LogP contribution in [-0.4, -0.2) is 9.55 Å². The number of aromatic nitrogens is 2. The molecular weight excluding hydrogens is 172 g/mol. The number of hydrogen-bond acceptors (Lipinski definition) is 1. The van der Waals surface area contributed by atoms with Crippen molar-refractivity contribution in [2.75, 3.05) is 0 Å². The van der Waals surface area contributed by atoms with Gasteiger partial charge in [-0.15, -0.1) is 0 Å². The molecule has 2 nitrogen and oxygen atoms in total. The molecule has 0 saturated carbocycles. The standard InChI is InChI=1S/C9H7ClN2/c10-9-6-11-7-12(9)8-4-2-1-3-5-8/h1-7H. The summed E-state index contributed by atoms with van der Waals surface area (Å²) >= 11 is 5.87. The Kier molecular flexibility index (Phi) is 1.84. The average Bonchev–Trinajstić information content (AvgIpc) is 2.53. The minimum atomic E-state index is 0.626. The highest BCUT2D eigenvalue weighted by Gasteiger charge is 1.98. The van der Waals surface area contributed by atoms with Crippen LogP contribution in [0.1, 0.15) is 0 Å². The van der Waals surface area contributed by atoms with E-state index in [0.29, 0.717) is 5.15 Å². The molecular formula is C9H7ClN2. The van der Waals surface area contributed by atoms with Crippen molar-refractivity contribution < 1.29 is 0 Å². The predicted molar refractivity (Wildman–Crippen MR) is 48.6 cm³/mol. The maximum absolute atomic E-state index is 5.87. The van der Waals surface area contributed by atoms with Crippen LogP contribution in [0.5, 0.6) is 0 Å². The van der Waals surface area contributed by atoms with E-state index in [0.717, 1.165) is 5.69 Å². The van der Waals surface area contributed by atoms with Crippen LogP contribution in [0, 0.1) is 0 Å². The first-order chi connectivity index (χ1) is 5.88. The minimum absolute atomic E-state index is 0.626. The van der Waals surface area contributed by atoms with Crippen LogP contribution >= 0.6 is 11.6 Å². The number of halogens is 1. The van der Waals surface area contributed by atoms with Gasteiger partial charge in [0.2, 0.25) is 0 Å². The Hall–Kier alpha value is -1.28. The first-order valence-electron chi connectivity index (χ1n) is 3.61. The molecule has 0 aliphatic heterocycles. The van der Waals surface area contributed by atoms with Crippen molar-refractivity contribution in [2.24, 2.45) is 0 Å². The van der Waals surface area contributed by atoms with Crippen LogP contribution in [0.3, 0.4) is 0 Å². The van der Waals surface area contributed by atoms with Gasteiger partial charge in [0.05, 0.1) is 6.20 Å². The van der Waals surface area contributed by atoms with Gasteiger partial charge in [-0.05, 0) is 12.1 Å². The van der Waals surface area contributed by atoms with Gasteiger partial charge < -0.3 is 0 Å². The third kappa shape index (κ3) is 1.21. The second-order valence-electron chi connectivity index (χ2n) is 2.42. The Morgan fingerprint density at radius 3 is 2.50 bits per heavy atom. The molecule has 0 N–H and O–H groups in total. The minimum Gasteiger partial charge on any atom is -0.290 e. The van der Waals surface area contributed by atoms with Crippen molar-refractivity contribution in [3.05, 3.63) is 48.0 Å². The molecule has 1 aromatic heterocycles. The zero-order valence-electron chi connectivity index (χ0n) is 6.31. The van der Waals surface area contributed by atoms with Crippen LogP contribution in [-0.2, 0) is 0 Å². The van der Waals surface area contributed by atoms with E-state index in [1.807, 2.05) is 34.9 Å². The summed E-state index contributed by atoms with van der Waals surface area (Å²) in [5, 5.41) is 0.626. The lowest BCUT2D eigenvalue weighted by atomic mass is 10.3. The largest absolute Gasteiger partial charge is 0.290 e. The third-order valence-electron chi connectivity index (χ3n) is 1.63. The van der Waals surface area contributed by atoms with E-state index in [9.17, 15) is 0 Å². The van der Waals surface area contributed by atoms with Crippen LogP contribution in [0.15, 0.2) is 42.9 Å². The third-order valence-corrected chi connectivity index (χ3v) is 1.91. The first-order valence-corrected chi connectivity index (χ1v) is 3.99. The summed E-state index contributed by atoms with van der Waals surface area (Å²) in [6, 6.07) is 9.85. The fraction of sp³-hybridized carbons (Fsp3) is 0. The molecule has 2 rings (SSSR count). The maximum atomic E-state index is 5.87. The Bertz CT molecular complexity index is 367. The highest BCUT2D eigenvalue weighted by atomic mass is 35.5. The van der Waals surface area contributed by atoms with Gasteiger partial charge in [0.15, 0.2) is 0 Å².